The molecular weight excluding hydrogens is 476 g/mol. The van der Waals surface area contributed by atoms with Gasteiger partial charge in [0.25, 0.3) is 0 Å². The molecule has 0 saturated heterocycles. The number of benzene rings is 2. The van der Waals surface area contributed by atoms with Crippen LogP contribution < -0.4 is 5.56 Å². The van der Waals surface area contributed by atoms with E-state index in [1.807, 2.05) is 73.0 Å². The van der Waals surface area contributed by atoms with Gasteiger partial charge in [-0.3, -0.25) is 9.89 Å². The molecule has 0 saturated carbocycles. The topological polar surface area (TPSA) is 88.3 Å². The van der Waals surface area contributed by atoms with Crippen molar-refractivity contribution in [1.29, 1.82) is 0 Å². The molecule has 0 unspecified atom stereocenters. The van der Waals surface area contributed by atoms with Gasteiger partial charge in [-0.1, -0.05) is 92.8 Å². The third kappa shape index (κ3) is 4.65. The van der Waals surface area contributed by atoms with Gasteiger partial charge < -0.3 is 0 Å². The van der Waals surface area contributed by atoms with Crippen LogP contribution in [0, 0.1) is 6.92 Å². The number of nitrogens with one attached hydrogen (secondary N) is 1. The average molecular weight is 501 g/mol. The van der Waals surface area contributed by atoms with Gasteiger partial charge in [-0.05, 0) is 12.3 Å². The number of azo groups is 1. The maximum absolute atomic E-state index is 13.5. The maximum Gasteiger partial charge on any atom is 0.301 e. The number of H-pyrrole nitrogens is 1. The molecule has 0 atom stereocenters. The van der Waals surface area contributed by atoms with E-state index >= 15 is 0 Å². The van der Waals surface area contributed by atoms with Crippen molar-refractivity contribution in [3.8, 4) is 27.6 Å². The fourth-order valence-electron chi connectivity index (χ4n) is 3.78. The predicted octanol–water partition coefficient (Wildman–Crippen LogP) is 7.43. The van der Waals surface area contributed by atoms with Crippen molar-refractivity contribution < 1.29 is 0 Å². The Kier molecular flexibility index (Phi) is 6.04. The summed E-state index contributed by atoms with van der Waals surface area (Å²) in [6.45, 7) is 8.40. The number of rotatable bonds is 5. The Balaban J connectivity index is 1.58. The standard InChI is InChI=1S/C26H24N6OS2/c1-16-22(26(2,3)4)35-24(27-16)30-29-21-20(18-13-9-6-10-14-18)31-32(23(21)33)25-28-19(15-34-25)17-11-7-5-8-12-17/h5-15,31H,1-4H3. The van der Waals surface area contributed by atoms with Gasteiger partial charge in [0.15, 0.2) is 5.69 Å². The lowest BCUT2D eigenvalue weighted by Gasteiger charge is -2.15. The van der Waals surface area contributed by atoms with Crippen molar-refractivity contribution in [2.24, 2.45) is 10.2 Å². The van der Waals surface area contributed by atoms with Crippen molar-refractivity contribution in [1.82, 2.24) is 19.7 Å². The molecule has 1 N–H and O–H groups in total. The number of aromatic amines is 1. The van der Waals surface area contributed by atoms with Crippen LogP contribution in [-0.2, 0) is 5.41 Å². The van der Waals surface area contributed by atoms with E-state index < -0.39 is 0 Å². The number of thiazole rings is 2. The van der Waals surface area contributed by atoms with E-state index in [2.05, 4.69) is 46.1 Å². The summed E-state index contributed by atoms with van der Waals surface area (Å²) in [4.78, 5) is 23.9. The summed E-state index contributed by atoms with van der Waals surface area (Å²) in [5, 5.41) is 15.0. The summed E-state index contributed by atoms with van der Waals surface area (Å²) in [6.07, 6.45) is 0. The van der Waals surface area contributed by atoms with E-state index in [1.165, 1.54) is 27.4 Å². The zero-order chi connectivity index (χ0) is 24.6. The van der Waals surface area contributed by atoms with Crippen LogP contribution in [0.5, 0.6) is 0 Å². The smallest absolute Gasteiger partial charge is 0.286 e. The van der Waals surface area contributed by atoms with Gasteiger partial charge in [0.1, 0.15) is 0 Å². The van der Waals surface area contributed by atoms with Crippen molar-refractivity contribution >= 4 is 33.5 Å². The zero-order valence-corrected chi connectivity index (χ0v) is 21.4. The van der Waals surface area contributed by atoms with Gasteiger partial charge in [0.2, 0.25) is 10.3 Å². The van der Waals surface area contributed by atoms with Crippen LogP contribution in [0.2, 0.25) is 0 Å². The first-order valence-corrected chi connectivity index (χ1v) is 12.8. The van der Waals surface area contributed by atoms with Crippen molar-refractivity contribution in [3.05, 3.63) is 87.0 Å². The van der Waals surface area contributed by atoms with Crippen LogP contribution in [0.1, 0.15) is 31.3 Å². The van der Waals surface area contributed by atoms with Crippen LogP contribution >= 0.6 is 22.7 Å². The first-order valence-electron chi connectivity index (χ1n) is 11.1. The molecule has 7 nitrogen and oxygen atoms in total. The number of aryl methyl sites for hydroxylation is 1. The highest BCUT2D eigenvalue weighted by Gasteiger charge is 2.22. The molecule has 5 rings (SSSR count). The van der Waals surface area contributed by atoms with Crippen LogP contribution in [-0.4, -0.2) is 19.7 Å². The Morgan fingerprint density at radius 1 is 0.914 bits per heavy atom. The van der Waals surface area contributed by atoms with E-state index in [1.54, 1.807) is 0 Å². The molecular formula is C26H24N6OS2. The summed E-state index contributed by atoms with van der Waals surface area (Å²) in [5.74, 6) is 0. The SMILES string of the molecule is Cc1nc(N=Nc2c(-c3ccccc3)[nH]n(-c3nc(-c4ccccc4)cs3)c2=O)sc1C(C)(C)C. The molecule has 2 aromatic carbocycles. The molecule has 9 heteroatoms. The van der Waals surface area contributed by atoms with Crippen LogP contribution in [0.3, 0.4) is 0 Å². The van der Waals surface area contributed by atoms with Gasteiger partial charge in [0, 0.05) is 21.4 Å². The number of aromatic nitrogens is 4. The van der Waals surface area contributed by atoms with E-state index in [0.29, 0.717) is 16.0 Å². The highest BCUT2D eigenvalue weighted by atomic mass is 32.1. The lowest BCUT2D eigenvalue weighted by atomic mass is 9.94. The molecule has 0 aliphatic carbocycles. The first kappa shape index (κ1) is 23.1. The molecule has 5 aromatic rings. The van der Waals surface area contributed by atoms with Crippen molar-refractivity contribution in [2.75, 3.05) is 0 Å². The number of nitrogens with zero attached hydrogens (tertiary/aromatic N) is 5. The second-order valence-electron chi connectivity index (χ2n) is 9.08. The average Bonchev–Trinajstić information content (AvgIpc) is 3.56. The summed E-state index contributed by atoms with van der Waals surface area (Å²) in [6, 6.07) is 19.5. The van der Waals surface area contributed by atoms with Crippen LogP contribution in [0.15, 0.2) is 81.1 Å². The predicted molar refractivity (Wildman–Crippen MR) is 143 cm³/mol. The van der Waals surface area contributed by atoms with E-state index in [4.69, 9.17) is 0 Å². The monoisotopic (exact) mass is 500 g/mol. The Labute approximate surface area is 210 Å². The van der Waals surface area contributed by atoms with Crippen LogP contribution in [0.25, 0.3) is 27.6 Å². The zero-order valence-electron chi connectivity index (χ0n) is 19.8. The highest BCUT2D eigenvalue weighted by molar-refractivity contribution is 7.15. The third-order valence-electron chi connectivity index (χ3n) is 5.38. The molecule has 0 aliphatic rings. The molecule has 3 aromatic heterocycles. The van der Waals surface area contributed by atoms with Gasteiger partial charge in [-0.2, -0.15) is 4.68 Å². The minimum absolute atomic E-state index is 0.0349. The third-order valence-corrected chi connectivity index (χ3v) is 7.68. The minimum atomic E-state index is -0.314. The highest BCUT2D eigenvalue weighted by Crippen LogP contribution is 2.36. The maximum atomic E-state index is 13.5. The second-order valence-corrected chi connectivity index (χ2v) is 10.9. The van der Waals surface area contributed by atoms with E-state index in [-0.39, 0.29) is 16.7 Å². The molecule has 0 radical (unpaired) electrons. The molecule has 35 heavy (non-hydrogen) atoms. The Morgan fingerprint density at radius 2 is 1.57 bits per heavy atom. The fraction of sp³-hybridized carbons (Fsp3) is 0.192. The van der Waals surface area contributed by atoms with Gasteiger partial charge >= 0.3 is 5.56 Å². The Bertz CT molecular complexity index is 1550. The molecule has 0 aliphatic heterocycles. The van der Waals surface area contributed by atoms with E-state index in [0.717, 1.165) is 27.4 Å². The second kappa shape index (κ2) is 9.16. The molecule has 3 heterocycles. The fourth-order valence-corrected chi connectivity index (χ4v) is 5.52. The molecule has 176 valence electrons. The number of hydrogen-bond donors (Lipinski definition) is 1. The lowest BCUT2D eigenvalue weighted by molar-refractivity contribution is 0.598. The van der Waals surface area contributed by atoms with Gasteiger partial charge in [-0.15, -0.1) is 21.6 Å². The van der Waals surface area contributed by atoms with Crippen molar-refractivity contribution in [3.63, 3.8) is 0 Å². The largest absolute Gasteiger partial charge is 0.301 e. The van der Waals surface area contributed by atoms with Gasteiger partial charge in [0.05, 0.1) is 17.1 Å². The summed E-state index contributed by atoms with van der Waals surface area (Å²) in [7, 11) is 0. The molecule has 0 fully saturated rings. The lowest BCUT2D eigenvalue weighted by Crippen LogP contribution is -2.13. The van der Waals surface area contributed by atoms with Gasteiger partial charge in [-0.25, -0.2) is 9.97 Å². The Morgan fingerprint density at radius 3 is 2.20 bits per heavy atom. The summed E-state index contributed by atoms with van der Waals surface area (Å²) < 4.78 is 1.43. The Hall–Kier alpha value is -3.69. The molecule has 0 bridgehead atoms. The minimum Gasteiger partial charge on any atom is -0.286 e. The van der Waals surface area contributed by atoms with Crippen molar-refractivity contribution in [2.45, 2.75) is 33.1 Å². The molecule has 0 amide bonds. The normalized spacial score (nSPS) is 12.0. The quantitative estimate of drug-likeness (QED) is 0.254. The van der Waals surface area contributed by atoms with E-state index in [9.17, 15) is 4.79 Å². The van der Waals surface area contributed by atoms with Crippen LogP contribution in [0.4, 0.5) is 10.8 Å². The molecule has 0 spiro atoms. The number of hydrogen-bond acceptors (Lipinski definition) is 7. The first-order chi connectivity index (χ1) is 16.8. The summed E-state index contributed by atoms with van der Waals surface area (Å²) in [5.41, 5.74) is 4.03. The summed E-state index contributed by atoms with van der Waals surface area (Å²) >= 11 is 2.89.